The molecule has 2 heterocycles. The van der Waals surface area contributed by atoms with E-state index in [1.807, 2.05) is 24.4 Å². The fraction of sp³-hybridized carbons (Fsp3) is 0.182. The summed E-state index contributed by atoms with van der Waals surface area (Å²) in [4.78, 5) is 4.35. The summed E-state index contributed by atoms with van der Waals surface area (Å²) in [5, 5.41) is 0. The molecule has 0 saturated carbocycles. The van der Waals surface area contributed by atoms with E-state index in [0.29, 0.717) is 0 Å². The van der Waals surface area contributed by atoms with Crippen molar-refractivity contribution in [3.8, 4) is 5.82 Å². The van der Waals surface area contributed by atoms with Gasteiger partial charge in [-0.3, -0.25) is 0 Å². The molecule has 14 heavy (non-hydrogen) atoms. The molecule has 0 aliphatic carbocycles. The maximum absolute atomic E-state index is 4.35. The smallest absolute Gasteiger partial charge is 0.141 e. The van der Waals surface area contributed by atoms with Crippen LogP contribution in [0.4, 0.5) is 0 Å². The summed E-state index contributed by atoms with van der Waals surface area (Å²) in [5.74, 6) is 0.996. The highest BCUT2D eigenvalue weighted by Gasteiger charge is 2.06. The zero-order valence-corrected chi connectivity index (χ0v) is 8.78. The van der Waals surface area contributed by atoms with Crippen molar-refractivity contribution in [3.05, 3.63) is 41.9 Å². The Morgan fingerprint density at radius 1 is 1.29 bits per heavy atom. The normalized spacial score (nSPS) is 10.4. The van der Waals surface area contributed by atoms with Crippen molar-refractivity contribution in [2.24, 2.45) is 0 Å². The highest BCUT2D eigenvalue weighted by molar-refractivity contribution is 6.33. The molecule has 0 aliphatic heterocycles. The molecule has 0 saturated heterocycles. The minimum atomic E-state index is 0.996. The van der Waals surface area contributed by atoms with Crippen LogP contribution in [0.2, 0.25) is 0 Å². The topological polar surface area (TPSA) is 17.8 Å². The minimum absolute atomic E-state index is 0.996. The summed E-state index contributed by atoms with van der Waals surface area (Å²) < 4.78 is 2.18. The lowest BCUT2D eigenvalue weighted by molar-refractivity contribution is 0.925. The van der Waals surface area contributed by atoms with Gasteiger partial charge in [-0.05, 0) is 32.0 Å². The van der Waals surface area contributed by atoms with Gasteiger partial charge in [0.05, 0.1) is 0 Å². The highest BCUT2D eigenvalue weighted by Crippen LogP contribution is 2.11. The number of nitrogens with zero attached hydrogens (tertiary/aromatic N) is 2. The van der Waals surface area contributed by atoms with Gasteiger partial charge >= 0.3 is 0 Å². The second-order valence-corrected chi connectivity index (χ2v) is 3.58. The number of aryl methyl sites for hydroxylation is 1. The molecule has 2 aromatic rings. The van der Waals surface area contributed by atoms with Gasteiger partial charge in [-0.2, -0.15) is 0 Å². The Morgan fingerprint density at radius 3 is 2.57 bits per heavy atom. The molecule has 2 aromatic heterocycles. The van der Waals surface area contributed by atoms with Crippen LogP contribution in [0.1, 0.15) is 11.4 Å². The fourth-order valence-corrected chi connectivity index (χ4v) is 1.76. The monoisotopic (exact) mass is 184 g/mol. The molecule has 0 atom stereocenters. The molecule has 2 rings (SSSR count). The van der Waals surface area contributed by atoms with Gasteiger partial charge in [-0.25, -0.2) is 4.98 Å². The Kier molecular flexibility index (Phi) is 2.16. The van der Waals surface area contributed by atoms with Crippen LogP contribution in [-0.4, -0.2) is 17.4 Å². The lowest BCUT2D eigenvalue weighted by Crippen LogP contribution is -2.07. The molecule has 0 amide bonds. The van der Waals surface area contributed by atoms with E-state index in [1.165, 1.54) is 16.9 Å². The van der Waals surface area contributed by atoms with Crippen LogP contribution >= 0.6 is 0 Å². The fourth-order valence-electron chi connectivity index (χ4n) is 1.76. The number of rotatable bonds is 1. The van der Waals surface area contributed by atoms with Crippen molar-refractivity contribution in [2.45, 2.75) is 13.8 Å². The molecule has 0 unspecified atom stereocenters. The highest BCUT2D eigenvalue weighted by atomic mass is 15.1. The first kappa shape index (κ1) is 9.07. The molecule has 2 nitrogen and oxygen atoms in total. The molecule has 3 heteroatoms. The average molecular weight is 184 g/mol. The van der Waals surface area contributed by atoms with Crippen LogP contribution < -0.4 is 5.46 Å². The van der Waals surface area contributed by atoms with Crippen LogP contribution in [0.25, 0.3) is 5.82 Å². The SMILES string of the molecule is Bc1cc(C)n(-c2ccccn2)c1C. The summed E-state index contributed by atoms with van der Waals surface area (Å²) in [6, 6.07) is 8.16. The maximum atomic E-state index is 4.35. The van der Waals surface area contributed by atoms with E-state index in [0.717, 1.165) is 5.82 Å². The second kappa shape index (κ2) is 3.33. The van der Waals surface area contributed by atoms with Crippen molar-refractivity contribution in [2.75, 3.05) is 0 Å². The average Bonchev–Trinajstić information content (AvgIpc) is 2.43. The molecule has 0 spiro atoms. The first-order chi connectivity index (χ1) is 6.70. The van der Waals surface area contributed by atoms with Crippen LogP contribution in [0, 0.1) is 13.8 Å². The molecular weight excluding hydrogens is 171 g/mol. The van der Waals surface area contributed by atoms with Gasteiger partial charge in [0.15, 0.2) is 0 Å². The van der Waals surface area contributed by atoms with E-state index >= 15 is 0 Å². The molecular formula is C11H13BN2. The Morgan fingerprint density at radius 2 is 2.07 bits per heavy atom. The number of hydrogen-bond acceptors (Lipinski definition) is 1. The third-order valence-corrected chi connectivity index (χ3v) is 2.56. The van der Waals surface area contributed by atoms with Crippen molar-refractivity contribution in [3.63, 3.8) is 0 Å². The Hall–Kier alpha value is -1.51. The van der Waals surface area contributed by atoms with E-state index in [4.69, 9.17) is 0 Å². The molecule has 0 aromatic carbocycles. The van der Waals surface area contributed by atoms with Gasteiger partial charge in [0.2, 0.25) is 0 Å². The number of aromatic nitrogens is 2. The number of pyridine rings is 1. The largest absolute Gasteiger partial charge is 0.304 e. The van der Waals surface area contributed by atoms with Crippen molar-refractivity contribution >= 4 is 13.3 Å². The van der Waals surface area contributed by atoms with Gasteiger partial charge in [0.1, 0.15) is 13.7 Å². The van der Waals surface area contributed by atoms with Gasteiger partial charge in [0, 0.05) is 17.6 Å². The molecule has 70 valence electrons. The maximum Gasteiger partial charge on any atom is 0.141 e. The summed E-state index contributed by atoms with van der Waals surface area (Å²) in [7, 11) is 2.13. The summed E-state index contributed by atoms with van der Waals surface area (Å²) in [6.45, 7) is 4.23. The molecule has 0 fully saturated rings. The van der Waals surface area contributed by atoms with Crippen LogP contribution in [0.5, 0.6) is 0 Å². The van der Waals surface area contributed by atoms with E-state index in [1.54, 1.807) is 0 Å². The predicted octanol–water partition coefficient (Wildman–Crippen LogP) is 0.748. The van der Waals surface area contributed by atoms with E-state index in [-0.39, 0.29) is 0 Å². The van der Waals surface area contributed by atoms with Crippen LogP contribution in [0.15, 0.2) is 30.5 Å². The third-order valence-electron chi connectivity index (χ3n) is 2.56. The number of hydrogen-bond donors (Lipinski definition) is 0. The first-order valence-corrected chi connectivity index (χ1v) is 4.77. The van der Waals surface area contributed by atoms with Crippen LogP contribution in [-0.2, 0) is 0 Å². The Bertz CT molecular complexity index is 446. The summed E-state index contributed by atoms with van der Waals surface area (Å²) in [5.41, 5.74) is 3.81. The third kappa shape index (κ3) is 1.35. The van der Waals surface area contributed by atoms with Gasteiger partial charge in [-0.1, -0.05) is 11.5 Å². The van der Waals surface area contributed by atoms with Gasteiger partial charge in [-0.15, -0.1) is 0 Å². The molecule has 0 N–H and O–H groups in total. The van der Waals surface area contributed by atoms with E-state index in [2.05, 4.69) is 37.3 Å². The first-order valence-electron chi connectivity index (χ1n) is 4.77. The van der Waals surface area contributed by atoms with E-state index in [9.17, 15) is 0 Å². The molecule has 0 bridgehead atoms. The summed E-state index contributed by atoms with van der Waals surface area (Å²) in [6.07, 6.45) is 1.82. The van der Waals surface area contributed by atoms with Crippen molar-refractivity contribution in [1.82, 2.24) is 9.55 Å². The van der Waals surface area contributed by atoms with E-state index < -0.39 is 0 Å². The quantitative estimate of drug-likeness (QED) is 0.598. The second-order valence-electron chi connectivity index (χ2n) is 3.58. The molecule has 0 aliphatic rings. The van der Waals surface area contributed by atoms with Crippen molar-refractivity contribution in [1.29, 1.82) is 0 Å². The Labute approximate surface area is 85.0 Å². The minimum Gasteiger partial charge on any atom is -0.304 e. The van der Waals surface area contributed by atoms with Gasteiger partial charge in [0.25, 0.3) is 0 Å². The van der Waals surface area contributed by atoms with Crippen LogP contribution in [0.3, 0.4) is 0 Å². The lowest BCUT2D eigenvalue weighted by atomic mass is 9.97. The Balaban J connectivity index is 2.62. The standard InChI is InChI=1S/C11H13BN2/c1-8-7-10(12)9(2)14(8)11-5-3-4-6-13-11/h3-7H,12H2,1-2H3. The van der Waals surface area contributed by atoms with Crippen molar-refractivity contribution < 1.29 is 0 Å². The predicted molar refractivity (Wildman–Crippen MR) is 61.2 cm³/mol. The molecule has 0 radical (unpaired) electrons. The van der Waals surface area contributed by atoms with Gasteiger partial charge < -0.3 is 4.57 Å². The zero-order chi connectivity index (χ0) is 10.1. The zero-order valence-electron chi connectivity index (χ0n) is 8.78. The summed E-state index contributed by atoms with van der Waals surface area (Å²) >= 11 is 0. The lowest BCUT2D eigenvalue weighted by Gasteiger charge is -2.07.